The molecule has 0 aliphatic carbocycles. The van der Waals surface area contributed by atoms with Crippen molar-refractivity contribution >= 4 is 10.9 Å². The molecular weight excluding hydrogens is 232 g/mol. The van der Waals surface area contributed by atoms with Gasteiger partial charge in [-0.2, -0.15) is 0 Å². The van der Waals surface area contributed by atoms with Crippen molar-refractivity contribution in [3.8, 4) is 0 Å². The van der Waals surface area contributed by atoms with E-state index in [1.54, 1.807) is 0 Å². The van der Waals surface area contributed by atoms with E-state index in [1.807, 2.05) is 0 Å². The topological polar surface area (TPSA) is 30.9 Å². The molecule has 1 heterocycles. The summed E-state index contributed by atoms with van der Waals surface area (Å²) < 4.78 is 2.41. The number of hydrogen-bond donors (Lipinski definition) is 1. The summed E-state index contributed by atoms with van der Waals surface area (Å²) in [5.74, 6) is 0. The number of aromatic nitrogens is 1. The molecule has 0 radical (unpaired) electrons. The van der Waals surface area contributed by atoms with E-state index < -0.39 is 0 Å². The number of fused-ring (bicyclic) bond motifs is 1. The van der Waals surface area contributed by atoms with Crippen molar-refractivity contribution in [2.24, 2.45) is 5.73 Å². The molecule has 19 heavy (non-hydrogen) atoms. The van der Waals surface area contributed by atoms with Crippen LogP contribution in [-0.4, -0.2) is 11.1 Å². The SMILES string of the molecule is CCCCCCCn1cc(CCN)c2ccccc21. The first-order valence-corrected chi connectivity index (χ1v) is 7.63. The van der Waals surface area contributed by atoms with Gasteiger partial charge >= 0.3 is 0 Å². The Morgan fingerprint density at radius 3 is 2.63 bits per heavy atom. The van der Waals surface area contributed by atoms with Crippen LogP contribution >= 0.6 is 0 Å². The highest BCUT2D eigenvalue weighted by Crippen LogP contribution is 2.22. The van der Waals surface area contributed by atoms with Gasteiger partial charge in [0.15, 0.2) is 0 Å². The zero-order valence-electron chi connectivity index (χ0n) is 12.1. The lowest BCUT2D eigenvalue weighted by atomic mass is 10.1. The molecule has 0 fully saturated rings. The Balaban J connectivity index is 2.05. The van der Waals surface area contributed by atoms with E-state index in [0.29, 0.717) is 0 Å². The molecule has 0 amide bonds. The zero-order valence-corrected chi connectivity index (χ0v) is 12.1. The Morgan fingerprint density at radius 2 is 1.84 bits per heavy atom. The summed E-state index contributed by atoms with van der Waals surface area (Å²) in [4.78, 5) is 0. The summed E-state index contributed by atoms with van der Waals surface area (Å²) in [5.41, 5.74) is 8.46. The van der Waals surface area contributed by atoms with Crippen molar-refractivity contribution in [2.75, 3.05) is 6.54 Å². The second-order valence-electron chi connectivity index (χ2n) is 5.32. The second kappa shape index (κ2) is 7.34. The number of rotatable bonds is 8. The van der Waals surface area contributed by atoms with Crippen LogP contribution in [0.4, 0.5) is 0 Å². The summed E-state index contributed by atoms with van der Waals surface area (Å²) in [6.07, 6.45) is 9.94. The first-order chi connectivity index (χ1) is 9.36. The number of benzene rings is 1. The number of nitrogens with zero attached hydrogens (tertiary/aromatic N) is 1. The van der Waals surface area contributed by atoms with Gasteiger partial charge in [0.05, 0.1) is 0 Å². The maximum atomic E-state index is 5.71. The van der Waals surface area contributed by atoms with E-state index in [4.69, 9.17) is 5.73 Å². The van der Waals surface area contributed by atoms with Crippen molar-refractivity contribution < 1.29 is 0 Å². The molecule has 0 saturated carbocycles. The van der Waals surface area contributed by atoms with E-state index >= 15 is 0 Å². The molecule has 2 rings (SSSR count). The third-order valence-corrected chi connectivity index (χ3v) is 3.79. The Kier molecular flexibility index (Phi) is 5.46. The van der Waals surface area contributed by atoms with Gasteiger partial charge in [-0.05, 0) is 31.0 Å². The standard InChI is InChI=1S/C17H26N2/c1-2-3-4-5-8-13-19-14-15(11-12-18)16-9-6-7-10-17(16)19/h6-7,9-10,14H,2-5,8,11-13,18H2,1H3. The fourth-order valence-corrected chi connectivity index (χ4v) is 2.75. The smallest absolute Gasteiger partial charge is 0.0483 e. The summed E-state index contributed by atoms with van der Waals surface area (Å²) in [6, 6.07) is 8.69. The lowest BCUT2D eigenvalue weighted by molar-refractivity contribution is 0.577. The van der Waals surface area contributed by atoms with E-state index in [9.17, 15) is 0 Å². The van der Waals surface area contributed by atoms with Gasteiger partial charge in [-0.3, -0.25) is 0 Å². The maximum Gasteiger partial charge on any atom is 0.0483 e. The third-order valence-electron chi connectivity index (χ3n) is 3.79. The van der Waals surface area contributed by atoms with Crippen LogP contribution < -0.4 is 5.73 Å². The quantitative estimate of drug-likeness (QED) is 0.710. The minimum Gasteiger partial charge on any atom is -0.347 e. The number of hydrogen-bond acceptors (Lipinski definition) is 1. The van der Waals surface area contributed by atoms with Crippen LogP contribution in [0.3, 0.4) is 0 Å². The number of nitrogens with two attached hydrogens (primary N) is 1. The average Bonchev–Trinajstić information content (AvgIpc) is 2.78. The second-order valence-corrected chi connectivity index (χ2v) is 5.32. The third kappa shape index (κ3) is 3.60. The molecule has 104 valence electrons. The molecule has 2 nitrogen and oxygen atoms in total. The molecular formula is C17H26N2. The lowest BCUT2D eigenvalue weighted by Crippen LogP contribution is -2.02. The highest BCUT2D eigenvalue weighted by atomic mass is 15.0. The number of aryl methyl sites for hydroxylation is 1. The van der Waals surface area contributed by atoms with Gasteiger partial charge in [-0.1, -0.05) is 50.8 Å². The van der Waals surface area contributed by atoms with Crippen LogP contribution in [0.2, 0.25) is 0 Å². The predicted octanol–water partition coefficient (Wildman–Crippen LogP) is 4.11. The molecule has 0 atom stereocenters. The summed E-state index contributed by atoms with van der Waals surface area (Å²) in [7, 11) is 0. The molecule has 2 aromatic rings. The largest absolute Gasteiger partial charge is 0.347 e. The molecule has 0 aliphatic rings. The van der Waals surface area contributed by atoms with E-state index in [0.717, 1.165) is 19.5 Å². The van der Waals surface area contributed by atoms with Gasteiger partial charge in [-0.15, -0.1) is 0 Å². The van der Waals surface area contributed by atoms with Crippen LogP contribution in [0.1, 0.15) is 44.6 Å². The van der Waals surface area contributed by atoms with Gasteiger partial charge in [0.1, 0.15) is 0 Å². The van der Waals surface area contributed by atoms with Crippen molar-refractivity contribution in [3.05, 3.63) is 36.0 Å². The lowest BCUT2D eigenvalue weighted by Gasteiger charge is -2.05. The molecule has 2 heteroatoms. The van der Waals surface area contributed by atoms with E-state index in [1.165, 1.54) is 48.6 Å². The fraction of sp³-hybridized carbons (Fsp3) is 0.529. The summed E-state index contributed by atoms with van der Waals surface area (Å²) in [5, 5.41) is 1.38. The molecule has 0 spiro atoms. The van der Waals surface area contributed by atoms with E-state index in [2.05, 4.69) is 42.0 Å². The van der Waals surface area contributed by atoms with Crippen molar-refractivity contribution in [1.82, 2.24) is 4.57 Å². The molecule has 0 saturated heterocycles. The van der Waals surface area contributed by atoms with Crippen molar-refractivity contribution in [2.45, 2.75) is 52.0 Å². The molecule has 0 bridgehead atoms. The molecule has 2 N–H and O–H groups in total. The van der Waals surface area contributed by atoms with Crippen molar-refractivity contribution in [1.29, 1.82) is 0 Å². The van der Waals surface area contributed by atoms with Gasteiger partial charge < -0.3 is 10.3 Å². The van der Waals surface area contributed by atoms with Crippen LogP contribution in [0.5, 0.6) is 0 Å². The molecule has 1 aromatic carbocycles. The normalized spacial score (nSPS) is 11.3. The van der Waals surface area contributed by atoms with Crippen LogP contribution in [-0.2, 0) is 13.0 Å². The van der Waals surface area contributed by atoms with Gasteiger partial charge in [0.25, 0.3) is 0 Å². The minimum absolute atomic E-state index is 0.727. The molecule has 0 unspecified atom stereocenters. The molecule has 0 aliphatic heterocycles. The Hall–Kier alpha value is -1.28. The Labute approximate surface area is 116 Å². The summed E-state index contributed by atoms with van der Waals surface area (Å²) in [6.45, 7) is 4.12. The average molecular weight is 258 g/mol. The van der Waals surface area contributed by atoms with Gasteiger partial charge in [0.2, 0.25) is 0 Å². The zero-order chi connectivity index (χ0) is 13.5. The molecule has 1 aromatic heterocycles. The first-order valence-electron chi connectivity index (χ1n) is 7.63. The highest BCUT2D eigenvalue weighted by molar-refractivity contribution is 5.84. The van der Waals surface area contributed by atoms with Crippen molar-refractivity contribution in [3.63, 3.8) is 0 Å². The Morgan fingerprint density at radius 1 is 1.05 bits per heavy atom. The van der Waals surface area contributed by atoms with Gasteiger partial charge in [-0.25, -0.2) is 0 Å². The monoisotopic (exact) mass is 258 g/mol. The van der Waals surface area contributed by atoms with Crippen LogP contribution in [0, 0.1) is 0 Å². The van der Waals surface area contributed by atoms with E-state index in [-0.39, 0.29) is 0 Å². The Bertz CT molecular complexity index is 499. The van der Waals surface area contributed by atoms with Gasteiger partial charge in [0, 0.05) is 23.6 Å². The highest BCUT2D eigenvalue weighted by Gasteiger charge is 2.06. The fourth-order valence-electron chi connectivity index (χ4n) is 2.75. The number of para-hydroxylation sites is 1. The predicted molar refractivity (Wildman–Crippen MR) is 83.5 cm³/mol. The van der Waals surface area contributed by atoms with Crippen LogP contribution in [0.25, 0.3) is 10.9 Å². The maximum absolute atomic E-state index is 5.71. The minimum atomic E-state index is 0.727. The number of unbranched alkanes of at least 4 members (excludes halogenated alkanes) is 4. The summed E-state index contributed by atoms with van der Waals surface area (Å²) >= 11 is 0. The first kappa shape index (κ1) is 14.1. The van der Waals surface area contributed by atoms with Crippen LogP contribution in [0.15, 0.2) is 30.5 Å².